The van der Waals surface area contributed by atoms with E-state index in [1.54, 1.807) is 0 Å². The highest BCUT2D eigenvalue weighted by Gasteiger charge is 2.51. The van der Waals surface area contributed by atoms with Crippen molar-refractivity contribution in [2.75, 3.05) is 19.8 Å². The van der Waals surface area contributed by atoms with Crippen LogP contribution in [-0.4, -0.2) is 140 Å². The maximum atomic E-state index is 13.1. The van der Waals surface area contributed by atoms with Crippen LogP contribution in [0.4, 0.5) is 0 Å². The number of amides is 1. The number of aliphatic hydroxyl groups excluding tert-OH is 8. The Kier molecular flexibility index (Phi) is 47.2. The molecule has 2 heterocycles. The number of unbranched alkanes of at least 4 members (excludes halogenated alkanes) is 29. The molecule has 0 aliphatic carbocycles. The zero-order valence-electron chi connectivity index (χ0n) is 50.3. The van der Waals surface area contributed by atoms with Crippen molar-refractivity contribution >= 4 is 5.91 Å². The third kappa shape index (κ3) is 35.7. The molecule has 12 atom stereocenters. The summed E-state index contributed by atoms with van der Waals surface area (Å²) in [6, 6.07) is -0.823. The first-order valence-corrected chi connectivity index (χ1v) is 32.5. The van der Waals surface area contributed by atoms with Gasteiger partial charge in [0.25, 0.3) is 0 Å². The maximum Gasteiger partial charge on any atom is 0.220 e. The second-order valence-corrected chi connectivity index (χ2v) is 22.9. The average molecular weight is 1130 g/mol. The van der Waals surface area contributed by atoms with Gasteiger partial charge in [-0.2, -0.15) is 0 Å². The Hall–Kier alpha value is -2.31. The molecular formula is C66H119NO13. The fraction of sp³-hybridized carbons (Fsp3) is 0.833. The summed E-state index contributed by atoms with van der Waals surface area (Å²) in [4.78, 5) is 13.1. The second-order valence-electron chi connectivity index (χ2n) is 22.9. The standard InChI is InChI=1S/C66H119NO13/c1-3-5-7-9-10-11-12-13-14-15-16-17-18-19-20-21-22-23-24-25-26-27-28-29-30-31-32-33-34-35-36-37-38-39-40-41-42-43-44-46-48-50-58(71)67-54(55(70)49-47-45-8-6-4-2)53-77-65-63(76)61(74)64(57(52-69)79-65)80-66-62(75)60(73)59(72)56(51-68)78-66/h5,7,10-11,13-14,16-17,19-20,54-57,59-66,68-70,72-76H,3-4,6,8-9,12,15,18,21-53H2,1-2H3,(H,67,71)/b7-5-,11-10-,14-13-,17-16-,20-19-. The van der Waals surface area contributed by atoms with Crippen LogP contribution in [0.1, 0.15) is 258 Å². The van der Waals surface area contributed by atoms with Crippen molar-refractivity contribution in [1.82, 2.24) is 5.32 Å². The van der Waals surface area contributed by atoms with Crippen molar-refractivity contribution in [2.24, 2.45) is 0 Å². The summed E-state index contributed by atoms with van der Waals surface area (Å²) in [5.74, 6) is -0.211. The first-order valence-electron chi connectivity index (χ1n) is 32.5. The van der Waals surface area contributed by atoms with Gasteiger partial charge in [-0.1, -0.05) is 254 Å². The molecular weight excluding hydrogens is 1010 g/mol. The van der Waals surface area contributed by atoms with E-state index in [1.807, 2.05) is 0 Å². The summed E-state index contributed by atoms with van der Waals surface area (Å²) >= 11 is 0. The van der Waals surface area contributed by atoms with Crippen LogP contribution >= 0.6 is 0 Å². The molecule has 0 aromatic rings. The van der Waals surface area contributed by atoms with Crippen LogP contribution in [0.3, 0.4) is 0 Å². The van der Waals surface area contributed by atoms with Gasteiger partial charge in [0.05, 0.1) is 32.0 Å². The van der Waals surface area contributed by atoms with Crippen molar-refractivity contribution in [1.29, 1.82) is 0 Å². The van der Waals surface area contributed by atoms with E-state index in [-0.39, 0.29) is 12.5 Å². The lowest BCUT2D eigenvalue weighted by Gasteiger charge is -2.46. The monoisotopic (exact) mass is 1130 g/mol. The highest BCUT2D eigenvalue weighted by atomic mass is 16.7. The van der Waals surface area contributed by atoms with E-state index in [0.717, 1.165) is 89.9 Å². The molecule has 0 bridgehead atoms. The zero-order chi connectivity index (χ0) is 58.1. The average Bonchev–Trinajstić information content (AvgIpc) is 3.49. The molecule has 2 aliphatic heterocycles. The summed E-state index contributed by atoms with van der Waals surface area (Å²) in [5.41, 5.74) is 0. The molecule has 0 aromatic carbocycles. The lowest BCUT2D eigenvalue weighted by Crippen LogP contribution is -2.65. The Balaban J connectivity index is 1.45. The Morgan fingerprint density at radius 2 is 0.863 bits per heavy atom. The minimum atomic E-state index is -1.78. The summed E-state index contributed by atoms with van der Waals surface area (Å²) in [7, 11) is 0. The van der Waals surface area contributed by atoms with Gasteiger partial charge in [-0.05, 0) is 57.8 Å². The largest absolute Gasteiger partial charge is 0.394 e. The molecule has 0 aromatic heterocycles. The molecule has 466 valence electrons. The van der Waals surface area contributed by atoms with Crippen LogP contribution in [0.5, 0.6) is 0 Å². The lowest BCUT2D eigenvalue weighted by atomic mass is 9.97. The minimum absolute atomic E-state index is 0.211. The summed E-state index contributed by atoms with van der Waals surface area (Å²) < 4.78 is 22.7. The smallest absolute Gasteiger partial charge is 0.220 e. The zero-order valence-corrected chi connectivity index (χ0v) is 50.3. The van der Waals surface area contributed by atoms with E-state index in [2.05, 4.69) is 79.9 Å². The number of allylic oxidation sites excluding steroid dienone is 10. The van der Waals surface area contributed by atoms with Crippen LogP contribution in [0.2, 0.25) is 0 Å². The Bertz CT molecular complexity index is 1570. The van der Waals surface area contributed by atoms with Gasteiger partial charge in [0.15, 0.2) is 12.6 Å². The Labute approximate surface area is 486 Å². The number of hydrogen-bond donors (Lipinski definition) is 9. The molecule has 0 radical (unpaired) electrons. The van der Waals surface area contributed by atoms with Crippen molar-refractivity contribution in [2.45, 2.75) is 331 Å². The number of aliphatic hydroxyl groups is 8. The van der Waals surface area contributed by atoms with Crippen LogP contribution < -0.4 is 5.32 Å². The quantitative estimate of drug-likeness (QED) is 0.0204. The normalized spacial score (nSPS) is 24.6. The van der Waals surface area contributed by atoms with E-state index in [0.29, 0.717) is 12.8 Å². The second kappa shape index (κ2) is 51.1. The molecule has 80 heavy (non-hydrogen) atoms. The predicted octanol–water partition coefficient (Wildman–Crippen LogP) is 12.1. The molecule has 1 amide bonds. The van der Waals surface area contributed by atoms with Gasteiger partial charge < -0.3 is 65.1 Å². The highest BCUT2D eigenvalue weighted by Crippen LogP contribution is 2.30. The molecule has 2 rings (SSSR count). The molecule has 0 spiro atoms. The fourth-order valence-electron chi connectivity index (χ4n) is 10.6. The molecule has 2 saturated heterocycles. The molecule has 2 fully saturated rings. The van der Waals surface area contributed by atoms with E-state index >= 15 is 0 Å². The summed E-state index contributed by atoms with van der Waals surface area (Å²) in [5, 5.41) is 86.6. The van der Waals surface area contributed by atoms with Gasteiger partial charge in [-0.3, -0.25) is 4.79 Å². The third-order valence-corrected chi connectivity index (χ3v) is 15.7. The molecule has 0 saturated carbocycles. The number of nitrogens with one attached hydrogen (secondary N) is 1. The first kappa shape index (κ1) is 73.8. The number of ether oxygens (including phenoxy) is 4. The molecule has 2 aliphatic rings. The number of carbonyl (C=O) groups excluding carboxylic acids is 1. The van der Waals surface area contributed by atoms with Crippen LogP contribution in [-0.2, 0) is 23.7 Å². The van der Waals surface area contributed by atoms with Gasteiger partial charge in [0.1, 0.15) is 48.8 Å². The number of hydrogen-bond acceptors (Lipinski definition) is 13. The van der Waals surface area contributed by atoms with E-state index in [9.17, 15) is 45.6 Å². The highest BCUT2D eigenvalue weighted by molar-refractivity contribution is 5.76. The minimum Gasteiger partial charge on any atom is -0.394 e. The topological polar surface area (TPSA) is 228 Å². The van der Waals surface area contributed by atoms with Crippen molar-refractivity contribution in [3.05, 3.63) is 60.8 Å². The van der Waals surface area contributed by atoms with Crippen LogP contribution in [0, 0.1) is 0 Å². The van der Waals surface area contributed by atoms with Crippen molar-refractivity contribution in [3.63, 3.8) is 0 Å². The van der Waals surface area contributed by atoms with Crippen LogP contribution in [0.15, 0.2) is 60.8 Å². The SMILES string of the molecule is CC/C=C\C/C=C\C/C=C\C/C=C\C/C=C\CCCCCCCCCCCCCCCCCCCCCCCCCCCC(=O)NC(COC1OC(CO)C(OC2OC(CO)C(O)C(O)C2O)C(O)C1O)C(O)CCCCCCC. The first-order chi connectivity index (χ1) is 39.1. The van der Waals surface area contributed by atoms with Crippen LogP contribution in [0.25, 0.3) is 0 Å². The Morgan fingerprint density at radius 1 is 0.463 bits per heavy atom. The summed E-state index contributed by atoms with van der Waals surface area (Å²) in [6.45, 7) is 2.65. The number of carbonyl (C=O) groups is 1. The lowest BCUT2D eigenvalue weighted by molar-refractivity contribution is -0.359. The maximum absolute atomic E-state index is 13.1. The fourth-order valence-corrected chi connectivity index (χ4v) is 10.6. The Morgan fingerprint density at radius 3 is 1.32 bits per heavy atom. The van der Waals surface area contributed by atoms with Gasteiger partial charge in [-0.25, -0.2) is 0 Å². The third-order valence-electron chi connectivity index (χ3n) is 15.7. The van der Waals surface area contributed by atoms with E-state index in [4.69, 9.17) is 18.9 Å². The van der Waals surface area contributed by atoms with Gasteiger partial charge >= 0.3 is 0 Å². The van der Waals surface area contributed by atoms with Gasteiger partial charge in [-0.15, -0.1) is 0 Å². The van der Waals surface area contributed by atoms with Crippen molar-refractivity contribution < 1.29 is 64.6 Å². The van der Waals surface area contributed by atoms with Gasteiger partial charge in [0, 0.05) is 6.42 Å². The molecule has 9 N–H and O–H groups in total. The summed E-state index contributed by atoms with van der Waals surface area (Å²) in [6.07, 6.45) is 50.6. The van der Waals surface area contributed by atoms with Gasteiger partial charge in [0.2, 0.25) is 5.91 Å². The van der Waals surface area contributed by atoms with Crippen molar-refractivity contribution in [3.8, 4) is 0 Å². The van der Waals surface area contributed by atoms with E-state index in [1.165, 1.54) is 141 Å². The van der Waals surface area contributed by atoms with E-state index < -0.39 is 86.8 Å². The number of rotatable bonds is 52. The predicted molar refractivity (Wildman–Crippen MR) is 323 cm³/mol. The molecule has 14 heteroatoms. The molecule has 14 nitrogen and oxygen atoms in total. The molecule has 12 unspecified atom stereocenters.